The quantitative estimate of drug-likeness (QED) is 0.433. The van der Waals surface area contributed by atoms with E-state index in [9.17, 15) is 9.59 Å². The molecule has 0 radical (unpaired) electrons. The number of nitrogen functional groups attached to an aromatic ring is 1. The summed E-state index contributed by atoms with van der Waals surface area (Å²) in [6, 6.07) is 9.30. The van der Waals surface area contributed by atoms with E-state index < -0.39 is 11.6 Å². The number of carbonyl (C=O) groups is 1. The number of nitrogens with two attached hydrogens (primary N) is 1. The van der Waals surface area contributed by atoms with Gasteiger partial charge in [-0.05, 0) is 12.5 Å². The largest absolute Gasteiger partial charge is 0.365 e. The average Bonchev–Trinajstić information content (AvgIpc) is 2.67. The van der Waals surface area contributed by atoms with Gasteiger partial charge in [0.05, 0.1) is 6.21 Å². The van der Waals surface area contributed by atoms with Gasteiger partial charge in [-0.1, -0.05) is 30.3 Å². The van der Waals surface area contributed by atoms with Crippen LogP contribution in [0.1, 0.15) is 11.4 Å². The lowest BCUT2D eigenvalue weighted by molar-refractivity contribution is -0.121. The molecule has 1 aromatic heterocycles. The summed E-state index contributed by atoms with van der Waals surface area (Å²) in [5.41, 5.74) is 2.62. The minimum Gasteiger partial charge on any atom is -0.333 e. The Morgan fingerprint density at radius 3 is 2.75 bits per heavy atom. The second-order valence-corrected chi connectivity index (χ2v) is 4.06. The summed E-state index contributed by atoms with van der Waals surface area (Å²) >= 11 is 0. The Kier molecular flexibility index (Phi) is 3.94. The lowest BCUT2D eigenvalue weighted by Gasteiger charge is -1.98. The first-order valence-electron chi connectivity index (χ1n) is 5.86. The highest BCUT2D eigenvalue weighted by atomic mass is 16.2. The molecular weight excluding hydrogens is 260 g/mol. The molecule has 0 aliphatic heterocycles. The van der Waals surface area contributed by atoms with Gasteiger partial charge >= 0.3 is 5.69 Å². The molecule has 20 heavy (non-hydrogen) atoms. The van der Waals surface area contributed by atoms with Crippen LogP contribution in [0.2, 0.25) is 0 Å². The summed E-state index contributed by atoms with van der Waals surface area (Å²) in [5.74, 6) is 5.28. The molecule has 0 spiro atoms. The van der Waals surface area contributed by atoms with Crippen LogP contribution in [0.4, 0.5) is 0 Å². The molecule has 1 amide bonds. The molecule has 104 valence electrons. The maximum atomic E-state index is 11.6. The Morgan fingerprint density at radius 1 is 1.45 bits per heavy atom. The van der Waals surface area contributed by atoms with Crippen molar-refractivity contribution in [2.24, 2.45) is 5.10 Å². The zero-order valence-corrected chi connectivity index (χ0v) is 10.9. The van der Waals surface area contributed by atoms with E-state index in [1.807, 2.05) is 30.3 Å². The Labute approximate surface area is 114 Å². The Balaban J connectivity index is 1.95. The maximum Gasteiger partial charge on any atom is 0.365 e. The molecule has 0 fully saturated rings. The van der Waals surface area contributed by atoms with Gasteiger partial charge in [-0.3, -0.25) is 4.79 Å². The van der Waals surface area contributed by atoms with Crippen LogP contribution in [0.3, 0.4) is 0 Å². The third-order valence-electron chi connectivity index (χ3n) is 2.54. The summed E-state index contributed by atoms with van der Waals surface area (Å²) in [7, 11) is 0. The number of hydrazone groups is 1. The van der Waals surface area contributed by atoms with Gasteiger partial charge in [0.1, 0.15) is 12.4 Å². The van der Waals surface area contributed by atoms with Crippen LogP contribution < -0.4 is 17.0 Å². The Morgan fingerprint density at radius 2 is 2.15 bits per heavy atom. The van der Waals surface area contributed by atoms with Crippen molar-refractivity contribution in [1.82, 2.24) is 19.9 Å². The van der Waals surface area contributed by atoms with Crippen LogP contribution in [-0.4, -0.2) is 26.6 Å². The number of nitrogens with one attached hydrogen (secondary N) is 1. The topological polar surface area (TPSA) is 107 Å². The monoisotopic (exact) mass is 274 g/mol. The molecule has 0 bridgehead atoms. The summed E-state index contributed by atoms with van der Waals surface area (Å²) in [4.78, 5) is 23.1. The number of carbonyl (C=O) groups excluding carboxylic acids is 1. The molecule has 2 rings (SSSR count). The van der Waals surface area contributed by atoms with Crippen LogP contribution in [0.15, 0.2) is 40.2 Å². The Bertz CT molecular complexity index is 686. The van der Waals surface area contributed by atoms with Crippen LogP contribution in [0.25, 0.3) is 0 Å². The highest BCUT2D eigenvalue weighted by molar-refractivity contribution is 5.82. The first-order chi connectivity index (χ1) is 9.58. The average molecular weight is 274 g/mol. The molecule has 0 saturated heterocycles. The zero-order chi connectivity index (χ0) is 14.5. The summed E-state index contributed by atoms with van der Waals surface area (Å²) < 4.78 is 1.85. The van der Waals surface area contributed by atoms with Gasteiger partial charge in [0.15, 0.2) is 0 Å². The van der Waals surface area contributed by atoms with E-state index in [2.05, 4.69) is 15.6 Å². The molecule has 8 nitrogen and oxygen atoms in total. The number of amides is 1. The number of rotatable bonds is 4. The van der Waals surface area contributed by atoms with Gasteiger partial charge in [0, 0.05) is 0 Å². The molecule has 0 aliphatic carbocycles. The van der Waals surface area contributed by atoms with E-state index in [0.29, 0.717) is 5.82 Å². The second-order valence-electron chi connectivity index (χ2n) is 4.06. The number of nitrogens with zero attached hydrogens (tertiary/aromatic N) is 4. The van der Waals surface area contributed by atoms with E-state index in [1.165, 1.54) is 6.21 Å². The van der Waals surface area contributed by atoms with E-state index >= 15 is 0 Å². The number of aromatic nitrogens is 3. The number of hydrogen-bond acceptors (Lipinski definition) is 5. The van der Waals surface area contributed by atoms with Crippen LogP contribution in [0.5, 0.6) is 0 Å². The molecule has 1 aromatic carbocycles. The predicted octanol–water partition coefficient (Wildman–Crippen LogP) is -0.783. The van der Waals surface area contributed by atoms with Crippen molar-refractivity contribution in [3.8, 4) is 0 Å². The molecule has 0 aliphatic rings. The van der Waals surface area contributed by atoms with Gasteiger partial charge in [-0.25, -0.2) is 14.9 Å². The molecule has 0 unspecified atom stereocenters. The van der Waals surface area contributed by atoms with Crippen molar-refractivity contribution in [2.45, 2.75) is 13.5 Å². The molecule has 3 N–H and O–H groups in total. The van der Waals surface area contributed by atoms with Crippen molar-refractivity contribution in [3.05, 3.63) is 52.2 Å². The lowest BCUT2D eigenvalue weighted by atomic mass is 10.2. The van der Waals surface area contributed by atoms with Gasteiger partial charge in [-0.15, -0.1) is 0 Å². The highest BCUT2D eigenvalue weighted by Gasteiger charge is 2.10. The molecule has 8 heteroatoms. The first-order valence-corrected chi connectivity index (χ1v) is 5.86. The molecule has 0 atom stereocenters. The fourth-order valence-corrected chi connectivity index (χ4v) is 1.52. The fourth-order valence-electron chi connectivity index (χ4n) is 1.52. The number of aryl methyl sites for hydroxylation is 1. The second kappa shape index (κ2) is 5.83. The van der Waals surface area contributed by atoms with Gasteiger partial charge in [-0.2, -0.15) is 14.9 Å². The smallest absolute Gasteiger partial charge is 0.333 e. The van der Waals surface area contributed by atoms with Gasteiger partial charge in [0.25, 0.3) is 5.91 Å². The third kappa shape index (κ3) is 3.10. The van der Waals surface area contributed by atoms with Crippen molar-refractivity contribution in [1.29, 1.82) is 0 Å². The fraction of sp³-hybridized carbons (Fsp3) is 0.167. The van der Waals surface area contributed by atoms with Gasteiger partial charge < -0.3 is 5.84 Å². The van der Waals surface area contributed by atoms with E-state index in [-0.39, 0.29) is 6.54 Å². The lowest BCUT2D eigenvalue weighted by Crippen LogP contribution is -2.34. The molecule has 2 aromatic rings. The van der Waals surface area contributed by atoms with Crippen molar-refractivity contribution in [2.75, 3.05) is 5.84 Å². The van der Waals surface area contributed by atoms with Crippen LogP contribution in [-0.2, 0) is 11.3 Å². The molecule has 0 saturated carbocycles. The highest BCUT2D eigenvalue weighted by Crippen LogP contribution is 1.93. The SMILES string of the molecule is Cc1nn(CC(=O)N/N=C/c2ccccc2)c(=O)n1N. The maximum absolute atomic E-state index is 11.6. The molecule has 1 heterocycles. The van der Waals surface area contributed by atoms with E-state index in [0.717, 1.165) is 14.9 Å². The van der Waals surface area contributed by atoms with Crippen molar-refractivity contribution >= 4 is 12.1 Å². The predicted molar refractivity (Wildman–Crippen MR) is 73.6 cm³/mol. The first kappa shape index (κ1) is 13.5. The summed E-state index contributed by atoms with van der Waals surface area (Å²) in [5, 5.41) is 7.64. The number of hydrogen-bond donors (Lipinski definition) is 2. The van der Waals surface area contributed by atoms with Crippen LogP contribution in [0, 0.1) is 6.92 Å². The van der Waals surface area contributed by atoms with E-state index in [4.69, 9.17) is 5.84 Å². The van der Waals surface area contributed by atoms with Crippen LogP contribution >= 0.6 is 0 Å². The van der Waals surface area contributed by atoms with Crippen molar-refractivity contribution < 1.29 is 4.79 Å². The standard InChI is InChI=1S/C12H14N6O2/c1-9-16-17(12(20)18(9)13)8-11(19)15-14-7-10-5-3-2-4-6-10/h2-7H,8,13H2,1H3,(H,15,19)/b14-7+. The Hall–Kier alpha value is -2.90. The third-order valence-corrected chi connectivity index (χ3v) is 2.54. The molecular formula is C12H14N6O2. The minimum absolute atomic E-state index is 0.240. The van der Waals surface area contributed by atoms with Crippen molar-refractivity contribution in [3.63, 3.8) is 0 Å². The summed E-state index contributed by atoms with van der Waals surface area (Å²) in [6.45, 7) is 1.33. The minimum atomic E-state index is -0.551. The van der Waals surface area contributed by atoms with Gasteiger partial charge in [0.2, 0.25) is 0 Å². The summed E-state index contributed by atoms with van der Waals surface area (Å²) in [6.07, 6.45) is 1.51. The van der Waals surface area contributed by atoms with E-state index in [1.54, 1.807) is 6.92 Å². The normalized spacial score (nSPS) is 10.8. The zero-order valence-electron chi connectivity index (χ0n) is 10.9. The number of benzene rings is 1.